The summed E-state index contributed by atoms with van der Waals surface area (Å²) in [7, 11) is 0. The summed E-state index contributed by atoms with van der Waals surface area (Å²) >= 11 is 0. The number of morpholine rings is 1. The molecule has 0 amide bonds. The third-order valence-corrected chi connectivity index (χ3v) is 4.78. The first-order valence-corrected chi connectivity index (χ1v) is 8.18. The first-order chi connectivity index (χ1) is 10.2. The van der Waals surface area contributed by atoms with E-state index in [2.05, 4.69) is 24.8 Å². The third kappa shape index (κ3) is 3.50. The molecule has 0 unspecified atom stereocenters. The van der Waals surface area contributed by atoms with Gasteiger partial charge in [0.15, 0.2) is 0 Å². The van der Waals surface area contributed by atoms with Gasteiger partial charge in [-0.15, -0.1) is 0 Å². The monoisotopic (exact) mass is 293 g/mol. The van der Waals surface area contributed by atoms with Crippen molar-refractivity contribution in [3.05, 3.63) is 24.2 Å². The van der Waals surface area contributed by atoms with Gasteiger partial charge in [-0.05, 0) is 38.8 Å². The normalized spacial score (nSPS) is 30.5. The van der Waals surface area contributed by atoms with Gasteiger partial charge in [-0.1, -0.05) is 6.42 Å². The molecule has 2 heterocycles. The predicted octanol–water partition coefficient (Wildman–Crippen LogP) is 3.08. The molecule has 3 rings (SSSR count). The Morgan fingerprint density at radius 1 is 1.48 bits per heavy atom. The van der Waals surface area contributed by atoms with Crippen LogP contribution in [-0.4, -0.2) is 42.9 Å². The lowest BCUT2D eigenvalue weighted by Crippen LogP contribution is -2.54. The molecule has 1 spiro atoms. The van der Waals surface area contributed by atoms with Crippen LogP contribution >= 0.6 is 0 Å². The zero-order valence-corrected chi connectivity index (χ0v) is 13.2. The van der Waals surface area contributed by atoms with Gasteiger partial charge in [-0.2, -0.15) is 0 Å². The summed E-state index contributed by atoms with van der Waals surface area (Å²) in [5, 5.41) is 0. The van der Waals surface area contributed by atoms with Gasteiger partial charge in [0.25, 0.3) is 0 Å². The molecule has 0 N–H and O–H groups in total. The molecule has 0 aromatic carbocycles. The summed E-state index contributed by atoms with van der Waals surface area (Å²) in [6.45, 7) is 8.72. The molecule has 1 aliphatic heterocycles. The number of ether oxygens (including phenoxy) is 2. The largest absolute Gasteiger partial charge is 0.468 e. The predicted molar refractivity (Wildman–Crippen MR) is 81.1 cm³/mol. The minimum atomic E-state index is -0.000265. The lowest BCUT2D eigenvalue weighted by molar-refractivity contribution is -0.146. The first kappa shape index (κ1) is 15.1. The molecular weight excluding hydrogens is 266 g/mol. The highest BCUT2D eigenvalue weighted by Crippen LogP contribution is 2.41. The Kier molecular flexibility index (Phi) is 4.67. The van der Waals surface area contributed by atoms with E-state index in [4.69, 9.17) is 13.9 Å². The minimum Gasteiger partial charge on any atom is -0.468 e. The van der Waals surface area contributed by atoms with Crippen molar-refractivity contribution in [2.24, 2.45) is 5.92 Å². The van der Waals surface area contributed by atoms with Crippen LogP contribution in [0.15, 0.2) is 22.8 Å². The molecule has 21 heavy (non-hydrogen) atoms. The lowest BCUT2D eigenvalue weighted by Gasteiger charge is -2.44. The number of nitrogens with zero attached hydrogens (tertiary/aromatic N) is 1. The van der Waals surface area contributed by atoms with Crippen molar-refractivity contribution in [2.75, 3.05) is 26.3 Å². The van der Waals surface area contributed by atoms with Crippen LogP contribution in [0.1, 0.15) is 38.9 Å². The number of hydrogen-bond acceptors (Lipinski definition) is 4. The van der Waals surface area contributed by atoms with Crippen molar-refractivity contribution in [1.82, 2.24) is 4.90 Å². The Morgan fingerprint density at radius 3 is 3.14 bits per heavy atom. The molecule has 4 nitrogen and oxygen atoms in total. The summed E-state index contributed by atoms with van der Waals surface area (Å²) in [5.74, 6) is 1.57. The molecule has 1 saturated heterocycles. The van der Waals surface area contributed by atoms with Gasteiger partial charge >= 0.3 is 0 Å². The maximum atomic E-state index is 6.27. The Hall–Kier alpha value is -0.840. The van der Waals surface area contributed by atoms with Crippen molar-refractivity contribution in [3.63, 3.8) is 0 Å². The summed E-state index contributed by atoms with van der Waals surface area (Å²) in [5.41, 5.74) is -0.000265. The molecule has 118 valence electrons. The van der Waals surface area contributed by atoms with Crippen molar-refractivity contribution in [1.29, 1.82) is 0 Å². The van der Waals surface area contributed by atoms with Crippen molar-refractivity contribution >= 4 is 0 Å². The molecule has 4 heteroatoms. The highest BCUT2D eigenvalue weighted by molar-refractivity contribution is 5.02. The Bertz CT molecular complexity index is 431. The maximum Gasteiger partial charge on any atom is 0.117 e. The standard InChI is InChI=1S/C17H27NO3/c1-14(2)20-12-15-5-3-7-17(15)13-18(8-10-21-17)11-16-6-4-9-19-16/h4,6,9,14-15H,3,5,7-8,10-13H2,1-2H3/t15-,17+/m0/s1. The van der Waals surface area contributed by atoms with E-state index in [1.807, 2.05) is 6.07 Å². The summed E-state index contributed by atoms with van der Waals surface area (Å²) in [6, 6.07) is 4.01. The molecule has 0 radical (unpaired) electrons. The van der Waals surface area contributed by atoms with Crippen LogP contribution in [0, 0.1) is 5.92 Å². The maximum absolute atomic E-state index is 6.27. The van der Waals surface area contributed by atoms with E-state index in [0.29, 0.717) is 12.0 Å². The molecule has 2 atom stereocenters. The van der Waals surface area contributed by atoms with E-state index in [1.54, 1.807) is 6.26 Å². The molecule has 1 aromatic rings. The second-order valence-electron chi connectivity index (χ2n) is 6.67. The first-order valence-electron chi connectivity index (χ1n) is 8.18. The van der Waals surface area contributed by atoms with Gasteiger partial charge < -0.3 is 13.9 Å². The molecule has 1 aliphatic carbocycles. The lowest BCUT2D eigenvalue weighted by atomic mass is 9.89. The fraction of sp³-hybridized carbons (Fsp3) is 0.765. The highest BCUT2D eigenvalue weighted by atomic mass is 16.5. The fourth-order valence-corrected chi connectivity index (χ4v) is 3.70. The van der Waals surface area contributed by atoms with Gasteiger partial charge in [0.2, 0.25) is 0 Å². The quantitative estimate of drug-likeness (QED) is 0.835. The van der Waals surface area contributed by atoms with Crippen LogP contribution in [-0.2, 0) is 16.0 Å². The van der Waals surface area contributed by atoms with Crippen molar-refractivity contribution in [2.45, 2.75) is 51.4 Å². The van der Waals surface area contributed by atoms with Crippen LogP contribution < -0.4 is 0 Å². The summed E-state index contributed by atoms with van der Waals surface area (Å²) in [6.07, 6.45) is 5.68. The van der Waals surface area contributed by atoms with E-state index in [1.165, 1.54) is 12.8 Å². The topological polar surface area (TPSA) is 34.8 Å². The van der Waals surface area contributed by atoms with Crippen LogP contribution in [0.2, 0.25) is 0 Å². The average Bonchev–Trinajstić information content (AvgIpc) is 3.07. The van der Waals surface area contributed by atoms with Crippen molar-refractivity contribution in [3.8, 4) is 0 Å². The molecule has 1 saturated carbocycles. The molecule has 1 aromatic heterocycles. The van der Waals surface area contributed by atoms with Crippen LogP contribution in [0.5, 0.6) is 0 Å². The minimum absolute atomic E-state index is 0.000265. The second kappa shape index (κ2) is 6.51. The van der Waals surface area contributed by atoms with Gasteiger partial charge in [-0.25, -0.2) is 0 Å². The van der Waals surface area contributed by atoms with E-state index in [9.17, 15) is 0 Å². The van der Waals surface area contributed by atoms with Crippen LogP contribution in [0.25, 0.3) is 0 Å². The van der Waals surface area contributed by atoms with E-state index < -0.39 is 0 Å². The second-order valence-corrected chi connectivity index (χ2v) is 6.67. The van der Waals surface area contributed by atoms with Crippen LogP contribution in [0.4, 0.5) is 0 Å². The van der Waals surface area contributed by atoms with Crippen LogP contribution in [0.3, 0.4) is 0 Å². The van der Waals surface area contributed by atoms with E-state index in [-0.39, 0.29) is 5.60 Å². The van der Waals surface area contributed by atoms with Gasteiger partial charge in [0.1, 0.15) is 5.76 Å². The average molecular weight is 293 g/mol. The summed E-state index contributed by atoms with van der Waals surface area (Å²) < 4.78 is 17.6. The molecular formula is C17H27NO3. The Balaban J connectivity index is 1.62. The van der Waals surface area contributed by atoms with Gasteiger partial charge in [0.05, 0.1) is 37.7 Å². The number of furan rings is 1. The molecule has 2 aliphatic rings. The van der Waals surface area contributed by atoms with Crippen molar-refractivity contribution < 1.29 is 13.9 Å². The zero-order chi connectivity index (χ0) is 14.7. The zero-order valence-electron chi connectivity index (χ0n) is 13.2. The van der Waals surface area contributed by atoms with Gasteiger partial charge in [0, 0.05) is 19.0 Å². The van der Waals surface area contributed by atoms with E-state index >= 15 is 0 Å². The fourth-order valence-electron chi connectivity index (χ4n) is 3.70. The molecule has 0 bridgehead atoms. The number of hydrogen-bond donors (Lipinski definition) is 0. The molecule has 2 fully saturated rings. The highest BCUT2D eigenvalue weighted by Gasteiger charge is 2.47. The van der Waals surface area contributed by atoms with E-state index in [0.717, 1.165) is 45.0 Å². The van der Waals surface area contributed by atoms with Gasteiger partial charge in [-0.3, -0.25) is 4.90 Å². The Labute approximate surface area is 127 Å². The third-order valence-electron chi connectivity index (χ3n) is 4.78. The smallest absolute Gasteiger partial charge is 0.117 e. The number of rotatable bonds is 5. The summed E-state index contributed by atoms with van der Waals surface area (Å²) in [4.78, 5) is 2.47. The SMILES string of the molecule is CC(C)OC[C@@H]1CCC[C@@]12CN(Cc1ccco1)CCO2. The Morgan fingerprint density at radius 2 is 2.38 bits per heavy atom.